The van der Waals surface area contributed by atoms with E-state index in [0.29, 0.717) is 32.1 Å². The van der Waals surface area contributed by atoms with Crippen molar-refractivity contribution in [1.29, 1.82) is 0 Å². The van der Waals surface area contributed by atoms with Crippen LogP contribution >= 0.6 is 11.3 Å². The minimum atomic E-state index is -0.227. The molecule has 0 spiro atoms. The lowest BCUT2D eigenvalue weighted by Gasteiger charge is -2.32. The molecule has 1 aliphatic rings. The number of fused-ring (bicyclic) bond motifs is 1. The molecular formula is C15H19N7O2S. The Bertz CT molecular complexity index is 865. The molecule has 9 nitrogen and oxygen atoms in total. The molecule has 25 heavy (non-hydrogen) atoms. The number of methoxy groups -OCH3 is 1. The van der Waals surface area contributed by atoms with Crippen LogP contribution in [0, 0.1) is 6.92 Å². The first-order valence-electron chi connectivity index (χ1n) is 8.09. The van der Waals surface area contributed by atoms with E-state index in [1.807, 2.05) is 18.4 Å². The van der Waals surface area contributed by atoms with E-state index in [1.54, 1.807) is 18.4 Å². The Morgan fingerprint density at radius 1 is 1.40 bits per heavy atom. The lowest BCUT2D eigenvalue weighted by molar-refractivity contribution is 0.0335. The number of tetrazole rings is 1. The summed E-state index contributed by atoms with van der Waals surface area (Å²) in [6, 6.07) is 2.03. The number of nitrogens with zero attached hydrogens (tertiary/aromatic N) is 7. The van der Waals surface area contributed by atoms with Crippen LogP contribution < -0.4 is 4.90 Å². The van der Waals surface area contributed by atoms with Crippen molar-refractivity contribution in [3.63, 3.8) is 0 Å². The van der Waals surface area contributed by atoms with E-state index in [4.69, 9.17) is 9.47 Å². The summed E-state index contributed by atoms with van der Waals surface area (Å²) in [5.74, 6) is 2.32. The Labute approximate surface area is 148 Å². The van der Waals surface area contributed by atoms with E-state index in [2.05, 4.69) is 30.3 Å². The maximum absolute atomic E-state index is 5.87. The molecule has 4 rings (SSSR count). The number of anilines is 1. The number of rotatable bonds is 5. The maximum atomic E-state index is 5.87. The Kier molecular flexibility index (Phi) is 4.55. The molecule has 1 saturated heterocycles. The number of hydrogen-bond donors (Lipinski definition) is 0. The number of thiophene rings is 1. The number of hydrogen-bond acceptors (Lipinski definition) is 9. The Morgan fingerprint density at radius 2 is 2.32 bits per heavy atom. The van der Waals surface area contributed by atoms with Crippen molar-refractivity contribution in [2.24, 2.45) is 0 Å². The van der Waals surface area contributed by atoms with Gasteiger partial charge in [0, 0.05) is 13.7 Å². The quantitative estimate of drug-likeness (QED) is 0.670. The third-order valence-corrected chi connectivity index (χ3v) is 4.91. The van der Waals surface area contributed by atoms with Gasteiger partial charge in [-0.1, -0.05) is 0 Å². The Morgan fingerprint density at radius 3 is 3.20 bits per heavy atom. The molecule has 0 amide bonds. The van der Waals surface area contributed by atoms with Crippen LogP contribution in [0.2, 0.25) is 0 Å². The summed E-state index contributed by atoms with van der Waals surface area (Å²) in [4.78, 5) is 12.9. The van der Waals surface area contributed by atoms with E-state index in [9.17, 15) is 0 Å². The number of ether oxygens (including phenoxy) is 2. The molecule has 1 fully saturated rings. The molecule has 1 aliphatic heterocycles. The molecule has 0 aromatic carbocycles. The zero-order valence-electron chi connectivity index (χ0n) is 14.1. The number of aromatic nitrogens is 6. The first-order chi connectivity index (χ1) is 12.2. The van der Waals surface area contributed by atoms with Crippen molar-refractivity contribution >= 4 is 27.4 Å². The van der Waals surface area contributed by atoms with Crippen LogP contribution in [-0.2, 0) is 16.0 Å². The van der Waals surface area contributed by atoms with Crippen molar-refractivity contribution in [2.45, 2.75) is 19.6 Å². The maximum Gasteiger partial charge on any atom is 0.205 e. The summed E-state index contributed by atoms with van der Waals surface area (Å²) in [6.45, 7) is 5.04. The smallest absolute Gasteiger partial charge is 0.205 e. The van der Waals surface area contributed by atoms with Crippen molar-refractivity contribution in [2.75, 3.05) is 38.3 Å². The summed E-state index contributed by atoms with van der Waals surface area (Å²) < 4.78 is 12.0. The van der Waals surface area contributed by atoms with Gasteiger partial charge in [0.1, 0.15) is 11.9 Å². The van der Waals surface area contributed by atoms with Gasteiger partial charge in [-0.05, 0) is 23.6 Å². The van der Waals surface area contributed by atoms with Gasteiger partial charge in [-0.3, -0.25) is 0 Å². The predicted molar refractivity (Wildman–Crippen MR) is 92.8 cm³/mol. The molecule has 0 radical (unpaired) electrons. The van der Waals surface area contributed by atoms with Crippen LogP contribution in [0.25, 0.3) is 10.2 Å². The molecular weight excluding hydrogens is 342 g/mol. The van der Waals surface area contributed by atoms with Crippen molar-refractivity contribution in [1.82, 2.24) is 30.2 Å². The summed E-state index contributed by atoms with van der Waals surface area (Å²) >= 11 is 1.66. The molecule has 0 bridgehead atoms. The second kappa shape index (κ2) is 6.98. The van der Waals surface area contributed by atoms with Crippen LogP contribution in [0.3, 0.4) is 0 Å². The Hall–Kier alpha value is -2.17. The minimum absolute atomic E-state index is 0.227. The van der Waals surface area contributed by atoms with Gasteiger partial charge < -0.3 is 14.4 Å². The zero-order chi connectivity index (χ0) is 17.2. The predicted octanol–water partition coefficient (Wildman–Crippen LogP) is 1.21. The third-order valence-electron chi connectivity index (χ3n) is 4.02. The molecule has 3 aromatic rings. The number of aryl methyl sites for hydroxylation is 1. The Balaban J connectivity index is 1.56. The molecule has 10 heteroatoms. The van der Waals surface area contributed by atoms with Gasteiger partial charge in [-0.25, -0.2) is 9.97 Å². The standard InChI is InChI=1S/C15H19N7O2S/c1-10-16-11-3-8-25-13(11)15(17-10)21-4-7-24-12(9-21)14-18-20-22(19-14)5-6-23-2/h3,8,12H,4-7,9H2,1-2H3/t12-/m0/s1. The number of morpholine rings is 1. The third kappa shape index (κ3) is 3.32. The van der Waals surface area contributed by atoms with Gasteiger partial charge >= 0.3 is 0 Å². The van der Waals surface area contributed by atoms with Gasteiger partial charge in [0.2, 0.25) is 5.82 Å². The van der Waals surface area contributed by atoms with Crippen molar-refractivity contribution in [3.8, 4) is 0 Å². The van der Waals surface area contributed by atoms with Crippen LogP contribution in [0.1, 0.15) is 17.8 Å². The molecule has 132 valence electrons. The van der Waals surface area contributed by atoms with E-state index in [0.717, 1.165) is 28.4 Å². The fraction of sp³-hybridized carbons (Fsp3) is 0.533. The van der Waals surface area contributed by atoms with Crippen LogP contribution in [0.5, 0.6) is 0 Å². The van der Waals surface area contributed by atoms with Gasteiger partial charge in [0.25, 0.3) is 0 Å². The average molecular weight is 361 g/mol. The van der Waals surface area contributed by atoms with Crippen LogP contribution in [0.15, 0.2) is 11.4 Å². The van der Waals surface area contributed by atoms with E-state index >= 15 is 0 Å². The van der Waals surface area contributed by atoms with Gasteiger partial charge in [0.15, 0.2) is 5.82 Å². The zero-order valence-corrected chi connectivity index (χ0v) is 14.9. The van der Waals surface area contributed by atoms with E-state index in [-0.39, 0.29) is 6.10 Å². The monoisotopic (exact) mass is 361 g/mol. The fourth-order valence-corrected chi connectivity index (χ4v) is 3.67. The highest BCUT2D eigenvalue weighted by atomic mass is 32.1. The summed E-state index contributed by atoms with van der Waals surface area (Å²) in [5.41, 5.74) is 0.985. The van der Waals surface area contributed by atoms with Crippen LogP contribution in [-0.4, -0.2) is 63.6 Å². The summed E-state index contributed by atoms with van der Waals surface area (Å²) in [6.07, 6.45) is -0.227. The lowest BCUT2D eigenvalue weighted by atomic mass is 10.2. The molecule has 0 aliphatic carbocycles. The molecule has 4 heterocycles. The average Bonchev–Trinajstić information content (AvgIpc) is 3.28. The van der Waals surface area contributed by atoms with E-state index in [1.165, 1.54) is 4.80 Å². The topological polar surface area (TPSA) is 91.1 Å². The highest BCUT2D eigenvalue weighted by Crippen LogP contribution is 2.31. The molecule has 1 atom stereocenters. The SMILES string of the molecule is COCCn1nnc([C@@H]2CN(c3nc(C)nc4ccsc34)CCO2)n1. The molecule has 0 N–H and O–H groups in total. The van der Waals surface area contributed by atoms with Gasteiger partial charge in [-0.2, -0.15) is 4.80 Å². The highest BCUT2D eigenvalue weighted by molar-refractivity contribution is 7.17. The minimum Gasteiger partial charge on any atom is -0.383 e. The van der Waals surface area contributed by atoms with Crippen molar-refractivity contribution < 1.29 is 9.47 Å². The van der Waals surface area contributed by atoms with E-state index < -0.39 is 0 Å². The fourth-order valence-electron chi connectivity index (χ4n) is 2.83. The van der Waals surface area contributed by atoms with Crippen LogP contribution in [0.4, 0.5) is 5.82 Å². The van der Waals surface area contributed by atoms with Gasteiger partial charge in [-0.15, -0.1) is 21.5 Å². The second-order valence-corrected chi connectivity index (χ2v) is 6.69. The largest absolute Gasteiger partial charge is 0.383 e. The lowest BCUT2D eigenvalue weighted by Crippen LogP contribution is -2.39. The van der Waals surface area contributed by atoms with Crippen molar-refractivity contribution in [3.05, 3.63) is 23.1 Å². The summed E-state index contributed by atoms with van der Waals surface area (Å²) in [7, 11) is 1.65. The molecule has 0 saturated carbocycles. The second-order valence-electron chi connectivity index (χ2n) is 5.77. The first-order valence-corrected chi connectivity index (χ1v) is 8.97. The van der Waals surface area contributed by atoms with Gasteiger partial charge in [0.05, 0.1) is 36.5 Å². The molecule has 3 aromatic heterocycles. The molecule has 0 unspecified atom stereocenters. The normalized spacial score (nSPS) is 18.2. The summed E-state index contributed by atoms with van der Waals surface area (Å²) in [5, 5.41) is 14.6. The highest BCUT2D eigenvalue weighted by Gasteiger charge is 2.28. The first kappa shape index (κ1) is 16.3.